The number of rotatable bonds is 10. The molecule has 0 radical (unpaired) electrons. The van der Waals surface area contributed by atoms with Crippen LogP contribution in [-0.4, -0.2) is 33.3 Å². The molecule has 0 unspecified atom stereocenters. The van der Waals surface area contributed by atoms with Crippen LogP contribution < -0.4 is 9.46 Å². The lowest BCUT2D eigenvalue weighted by molar-refractivity contribution is -0.147. The molecule has 1 N–H and O–H groups in total. The number of alkyl halides is 3. The SMILES string of the molecule is COc1ccc(C(C)=O)cc1COC(=O)[C@@H](CC(C)C)NS(=O)(=O)c1cccc(C(F)(F)F)c1. The highest BCUT2D eigenvalue weighted by molar-refractivity contribution is 7.89. The summed E-state index contributed by atoms with van der Waals surface area (Å²) < 4.78 is 77.2. The number of methoxy groups -OCH3 is 1. The van der Waals surface area contributed by atoms with Crippen LogP contribution in [0.3, 0.4) is 0 Å². The van der Waals surface area contributed by atoms with Crippen LogP contribution >= 0.6 is 0 Å². The first-order valence-electron chi connectivity index (χ1n) is 10.3. The first kappa shape index (κ1) is 27.3. The smallest absolute Gasteiger partial charge is 0.416 e. The summed E-state index contributed by atoms with van der Waals surface area (Å²) in [5, 5.41) is 0. The molecule has 0 bridgehead atoms. The molecule has 0 aliphatic heterocycles. The number of carbonyl (C=O) groups is 2. The first-order chi connectivity index (χ1) is 15.7. The van der Waals surface area contributed by atoms with Gasteiger partial charge in [-0.1, -0.05) is 19.9 Å². The number of ether oxygens (including phenoxy) is 2. The number of esters is 1. The van der Waals surface area contributed by atoms with Crippen molar-refractivity contribution in [3.63, 3.8) is 0 Å². The van der Waals surface area contributed by atoms with Gasteiger partial charge in [0.05, 0.1) is 17.6 Å². The summed E-state index contributed by atoms with van der Waals surface area (Å²) in [6.07, 6.45) is -4.68. The second-order valence-electron chi connectivity index (χ2n) is 8.02. The zero-order chi connectivity index (χ0) is 25.7. The minimum Gasteiger partial charge on any atom is -0.496 e. The van der Waals surface area contributed by atoms with Gasteiger partial charge in [0.1, 0.15) is 18.4 Å². The minimum atomic E-state index is -4.73. The Bertz CT molecular complexity index is 1150. The molecule has 0 fully saturated rings. The van der Waals surface area contributed by atoms with E-state index in [4.69, 9.17) is 9.47 Å². The van der Waals surface area contributed by atoms with Crippen molar-refractivity contribution in [3.8, 4) is 5.75 Å². The Morgan fingerprint density at radius 3 is 2.32 bits per heavy atom. The van der Waals surface area contributed by atoms with Gasteiger partial charge in [0.25, 0.3) is 0 Å². The number of hydrogen-bond acceptors (Lipinski definition) is 6. The zero-order valence-corrected chi connectivity index (χ0v) is 19.9. The molecule has 0 spiro atoms. The number of hydrogen-bond donors (Lipinski definition) is 1. The van der Waals surface area contributed by atoms with E-state index in [0.717, 1.165) is 18.2 Å². The third kappa shape index (κ3) is 7.29. The Labute approximate surface area is 196 Å². The van der Waals surface area contributed by atoms with E-state index >= 15 is 0 Å². The normalized spacial score (nSPS) is 12.9. The number of Topliss-reactive ketones (excluding diaryl/α,β-unsaturated/α-hetero) is 1. The second kappa shape index (κ2) is 11.0. The minimum absolute atomic E-state index is 0.0433. The lowest BCUT2D eigenvalue weighted by atomic mass is 10.0. The number of halogens is 3. The van der Waals surface area contributed by atoms with Gasteiger partial charge < -0.3 is 9.47 Å². The van der Waals surface area contributed by atoms with Gasteiger partial charge in [0.2, 0.25) is 10.0 Å². The molecule has 2 rings (SSSR count). The maximum Gasteiger partial charge on any atom is 0.416 e. The Balaban J connectivity index is 2.25. The van der Waals surface area contributed by atoms with Crippen molar-refractivity contribution < 1.29 is 40.7 Å². The van der Waals surface area contributed by atoms with E-state index in [1.54, 1.807) is 26.0 Å². The van der Waals surface area contributed by atoms with Gasteiger partial charge in [-0.2, -0.15) is 17.9 Å². The van der Waals surface area contributed by atoms with Crippen LogP contribution in [0.1, 0.15) is 48.7 Å². The topological polar surface area (TPSA) is 98.8 Å². The van der Waals surface area contributed by atoms with Crippen LogP contribution in [0.25, 0.3) is 0 Å². The number of sulfonamides is 1. The van der Waals surface area contributed by atoms with Crippen molar-refractivity contribution in [2.24, 2.45) is 5.92 Å². The molecule has 0 saturated carbocycles. The molecule has 2 aromatic rings. The molecular weight excluding hydrogens is 475 g/mol. The first-order valence-corrected chi connectivity index (χ1v) is 11.8. The second-order valence-corrected chi connectivity index (χ2v) is 9.73. The summed E-state index contributed by atoms with van der Waals surface area (Å²) in [6, 6.07) is 6.48. The van der Waals surface area contributed by atoms with Gasteiger partial charge in [-0.25, -0.2) is 8.42 Å². The fraction of sp³-hybridized carbons (Fsp3) is 0.391. The molecule has 0 heterocycles. The number of ketones is 1. The van der Waals surface area contributed by atoms with E-state index in [2.05, 4.69) is 4.72 Å². The molecule has 11 heteroatoms. The molecule has 1 atom stereocenters. The number of carbonyl (C=O) groups excluding carboxylic acids is 2. The van der Waals surface area contributed by atoms with E-state index in [1.165, 1.54) is 20.1 Å². The van der Waals surface area contributed by atoms with Crippen molar-refractivity contribution in [2.75, 3.05) is 7.11 Å². The van der Waals surface area contributed by atoms with Crippen molar-refractivity contribution >= 4 is 21.8 Å². The van der Waals surface area contributed by atoms with Crippen molar-refractivity contribution in [1.82, 2.24) is 4.72 Å². The molecule has 2 aromatic carbocycles. The maximum atomic E-state index is 13.0. The molecule has 0 aliphatic rings. The third-order valence-electron chi connectivity index (χ3n) is 4.82. The summed E-state index contributed by atoms with van der Waals surface area (Å²) in [5.74, 6) is -0.901. The fourth-order valence-corrected chi connectivity index (χ4v) is 4.36. The fourth-order valence-electron chi connectivity index (χ4n) is 3.12. The molecular formula is C23H26F3NO6S. The Hall–Kier alpha value is -2.92. The monoisotopic (exact) mass is 501 g/mol. The maximum absolute atomic E-state index is 13.0. The predicted octanol–water partition coefficient (Wildman–Crippen LogP) is 4.35. The molecule has 34 heavy (non-hydrogen) atoms. The molecule has 0 amide bonds. The summed E-state index contributed by atoms with van der Waals surface area (Å²) in [4.78, 5) is 23.8. The lowest BCUT2D eigenvalue weighted by Gasteiger charge is -2.20. The van der Waals surface area contributed by atoms with Crippen LogP contribution in [0, 0.1) is 5.92 Å². The highest BCUT2D eigenvalue weighted by Crippen LogP contribution is 2.30. The van der Waals surface area contributed by atoms with Crippen molar-refractivity contribution in [3.05, 3.63) is 59.2 Å². The van der Waals surface area contributed by atoms with Gasteiger partial charge in [-0.3, -0.25) is 9.59 Å². The summed E-state index contributed by atoms with van der Waals surface area (Å²) in [6.45, 7) is 4.57. The van der Waals surface area contributed by atoms with Crippen LogP contribution in [0.5, 0.6) is 5.75 Å². The van der Waals surface area contributed by atoms with Crippen molar-refractivity contribution in [1.29, 1.82) is 0 Å². The molecule has 0 aliphatic carbocycles. The van der Waals surface area contributed by atoms with E-state index in [0.29, 0.717) is 22.9 Å². The summed E-state index contributed by atoms with van der Waals surface area (Å²) in [5.41, 5.74) is -0.362. The average Bonchev–Trinajstić information content (AvgIpc) is 2.75. The van der Waals surface area contributed by atoms with E-state index in [9.17, 15) is 31.2 Å². The lowest BCUT2D eigenvalue weighted by Crippen LogP contribution is -2.42. The van der Waals surface area contributed by atoms with Gasteiger partial charge >= 0.3 is 12.1 Å². The van der Waals surface area contributed by atoms with Crippen LogP contribution in [0.2, 0.25) is 0 Å². The van der Waals surface area contributed by atoms with Crippen LogP contribution in [0.15, 0.2) is 47.4 Å². The van der Waals surface area contributed by atoms with Gasteiger partial charge in [0, 0.05) is 11.1 Å². The Kier molecular flexibility index (Phi) is 8.84. The van der Waals surface area contributed by atoms with Gasteiger partial charge in [-0.05, 0) is 55.7 Å². The summed E-state index contributed by atoms with van der Waals surface area (Å²) in [7, 11) is -3.07. The average molecular weight is 502 g/mol. The third-order valence-corrected chi connectivity index (χ3v) is 6.29. The molecule has 0 aromatic heterocycles. The number of nitrogens with one attached hydrogen (secondary N) is 1. The largest absolute Gasteiger partial charge is 0.496 e. The Morgan fingerprint density at radius 1 is 1.09 bits per heavy atom. The molecule has 186 valence electrons. The Morgan fingerprint density at radius 2 is 1.76 bits per heavy atom. The predicted molar refractivity (Wildman–Crippen MR) is 118 cm³/mol. The standard InChI is InChI=1S/C23H26F3NO6S/c1-14(2)10-20(27-34(30,31)19-7-5-6-18(12-19)23(24,25)26)22(29)33-13-17-11-16(15(3)28)8-9-21(17)32-4/h5-9,11-12,14,20,27H,10,13H2,1-4H3/t20-/m1/s1. The van der Waals surface area contributed by atoms with E-state index in [1.807, 2.05) is 0 Å². The van der Waals surface area contributed by atoms with Gasteiger partial charge in [-0.15, -0.1) is 0 Å². The zero-order valence-electron chi connectivity index (χ0n) is 19.1. The van der Waals surface area contributed by atoms with E-state index < -0.39 is 38.7 Å². The van der Waals surface area contributed by atoms with E-state index in [-0.39, 0.29) is 24.7 Å². The van der Waals surface area contributed by atoms with Gasteiger partial charge in [0.15, 0.2) is 5.78 Å². The highest BCUT2D eigenvalue weighted by Gasteiger charge is 2.33. The molecule has 0 saturated heterocycles. The van der Waals surface area contributed by atoms with Crippen LogP contribution in [0.4, 0.5) is 13.2 Å². The van der Waals surface area contributed by atoms with Crippen molar-refractivity contribution in [2.45, 2.75) is 50.9 Å². The quantitative estimate of drug-likeness (QED) is 0.384. The number of benzene rings is 2. The summed E-state index contributed by atoms with van der Waals surface area (Å²) >= 11 is 0. The molecule has 7 nitrogen and oxygen atoms in total. The highest BCUT2D eigenvalue weighted by atomic mass is 32.2. The van der Waals surface area contributed by atoms with Crippen LogP contribution in [-0.2, 0) is 32.3 Å².